The summed E-state index contributed by atoms with van der Waals surface area (Å²) in [5, 5.41) is 12.3. The molecule has 0 aliphatic carbocycles. The van der Waals surface area contributed by atoms with E-state index in [1.54, 1.807) is 6.92 Å². The first-order valence-electron chi connectivity index (χ1n) is 6.27. The van der Waals surface area contributed by atoms with Crippen molar-refractivity contribution in [2.75, 3.05) is 39.5 Å². The van der Waals surface area contributed by atoms with Crippen LogP contribution in [0.2, 0.25) is 0 Å². The highest BCUT2D eigenvalue weighted by Crippen LogP contribution is 2.03. The molecule has 0 bridgehead atoms. The molecule has 0 radical (unpaired) electrons. The van der Waals surface area contributed by atoms with Crippen LogP contribution in [0.25, 0.3) is 0 Å². The summed E-state index contributed by atoms with van der Waals surface area (Å²) in [6.07, 6.45) is 0.0816. The lowest BCUT2D eigenvalue weighted by Gasteiger charge is -2.31. The summed E-state index contributed by atoms with van der Waals surface area (Å²) in [7, 11) is -0.441. The normalized spacial score (nSPS) is 14.2. The zero-order valence-corrected chi connectivity index (χ0v) is 12.6. The van der Waals surface area contributed by atoms with Gasteiger partial charge in [0.05, 0.1) is 20.6 Å². The van der Waals surface area contributed by atoms with Crippen molar-refractivity contribution < 1.29 is 27.4 Å². The Labute approximate surface area is 114 Å². The average Bonchev–Trinajstić information content (AvgIpc) is 2.20. The van der Waals surface area contributed by atoms with E-state index in [0.717, 1.165) is 6.42 Å². The van der Waals surface area contributed by atoms with E-state index in [2.05, 4.69) is 5.32 Å². The number of carbonyl (C=O) groups is 1. The second-order valence-corrected chi connectivity index (χ2v) is 6.80. The molecule has 0 rings (SSSR count). The standard InChI is InChI=1S/C11H24N2O5S/c1-4-11(15)12-6-5-7-13(2,3)8-10(14)9-19(16,17)18/h10,14H,4-9H2,1-3H3,(H-,12,15,16,17,18)/p+1. The maximum Gasteiger partial charge on any atom is 0.267 e. The number of rotatable bonds is 9. The highest BCUT2D eigenvalue weighted by atomic mass is 32.2. The molecule has 8 heteroatoms. The zero-order chi connectivity index (χ0) is 15.1. The largest absolute Gasteiger partial charge is 0.386 e. The first-order valence-corrected chi connectivity index (χ1v) is 7.88. The number of hydrogen-bond donors (Lipinski definition) is 3. The third kappa shape index (κ3) is 10.9. The van der Waals surface area contributed by atoms with E-state index in [9.17, 15) is 18.3 Å². The van der Waals surface area contributed by atoms with E-state index < -0.39 is 22.0 Å². The van der Waals surface area contributed by atoms with Crippen LogP contribution < -0.4 is 5.32 Å². The lowest BCUT2D eigenvalue weighted by molar-refractivity contribution is -0.893. The summed E-state index contributed by atoms with van der Waals surface area (Å²) in [6, 6.07) is 0. The Hall–Kier alpha value is -0.700. The molecule has 0 heterocycles. The summed E-state index contributed by atoms with van der Waals surface area (Å²) in [5.74, 6) is -0.655. The molecule has 114 valence electrons. The Balaban J connectivity index is 4.01. The van der Waals surface area contributed by atoms with E-state index in [1.165, 1.54) is 0 Å². The van der Waals surface area contributed by atoms with Crippen LogP contribution in [0.15, 0.2) is 0 Å². The Morgan fingerprint density at radius 3 is 2.42 bits per heavy atom. The number of likely N-dealkylation sites (N-methyl/N-ethyl adjacent to an activating group) is 1. The molecule has 0 spiro atoms. The van der Waals surface area contributed by atoms with E-state index in [-0.39, 0.29) is 12.5 Å². The molecule has 0 aliphatic rings. The Morgan fingerprint density at radius 1 is 1.37 bits per heavy atom. The van der Waals surface area contributed by atoms with Crippen LogP contribution in [-0.4, -0.2) is 74.1 Å². The van der Waals surface area contributed by atoms with E-state index in [1.807, 2.05) is 14.1 Å². The van der Waals surface area contributed by atoms with Crippen LogP contribution in [0, 0.1) is 0 Å². The van der Waals surface area contributed by atoms with Crippen molar-refractivity contribution in [3.05, 3.63) is 0 Å². The van der Waals surface area contributed by atoms with Gasteiger partial charge >= 0.3 is 0 Å². The van der Waals surface area contributed by atoms with Crippen molar-refractivity contribution in [3.8, 4) is 0 Å². The molecule has 0 aromatic heterocycles. The fourth-order valence-electron chi connectivity index (χ4n) is 1.82. The van der Waals surface area contributed by atoms with Crippen molar-refractivity contribution in [2.45, 2.75) is 25.9 Å². The minimum absolute atomic E-state index is 0.00304. The quantitative estimate of drug-likeness (QED) is 0.294. The van der Waals surface area contributed by atoms with Crippen molar-refractivity contribution in [1.29, 1.82) is 0 Å². The molecule has 0 saturated carbocycles. The second-order valence-electron chi connectivity index (χ2n) is 5.30. The molecule has 1 unspecified atom stereocenters. The van der Waals surface area contributed by atoms with Crippen LogP contribution >= 0.6 is 0 Å². The van der Waals surface area contributed by atoms with Crippen molar-refractivity contribution in [3.63, 3.8) is 0 Å². The number of nitrogens with one attached hydrogen (secondary N) is 1. The molecule has 0 fully saturated rings. The predicted octanol–water partition coefficient (Wildman–Crippen LogP) is -0.772. The highest BCUT2D eigenvalue weighted by Gasteiger charge is 2.23. The third-order valence-corrected chi connectivity index (χ3v) is 3.50. The van der Waals surface area contributed by atoms with Gasteiger partial charge in [-0.1, -0.05) is 6.92 Å². The van der Waals surface area contributed by atoms with Crippen LogP contribution in [-0.2, 0) is 14.9 Å². The van der Waals surface area contributed by atoms with Crippen molar-refractivity contribution in [2.24, 2.45) is 0 Å². The van der Waals surface area contributed by atoms with Gasteiger partial charge in [0.1, 0.15) is 18.4 Å². The van der Waals surface area contributed by atoms with Gasteiger partial charge in [-0.15, -0.1) is 0 Å². The fourth-order valence-corrected chi connectivity index (χ4v) is 2.41. The first kappa shape index (κ1) is 18.3. The van der Waals surface area contributed by atoms with Crippen LogP contribution in [0.3, 0.4) is 0 Å². The number of amides is 1. The fraction of sp³-hybridized carbons (Fsp3) is 0.909. The SMILES string of the molecule is CCC(=O)NCCC[N+](C)(C)CC(O)CS(=O)(=O)O. The number of hydrogen-bond acceptors (Lipinski definition) is 4. The smallest absolute Gasteiger partial charge is 0.267 e. The molecular formula is C11H25N2O5S+. The number of nitrogens with zero attached hydrogens (tertiary/aromatic N) is 1. The van der Waals surface area contributed by atoms with Gasteiger partial charge in [0.25, 0.3) is 10.1 Å². The van der Waals surface area contributed by atoms with Gasteiger partial charge < -0.3 is 14.9 Å². The van der Waals surface area contributed by atoms with Crippen LogP contribution in [0.1, 0.15) is 19.8 Å². The molecule has 1 amide bonds. The van der Waals surface area contributed by atoms with E-state index >= 15 is 0 Å². The maximum absolute atomic E-state index is 11.0. The molecule has 0 aliphatic heterocycles. The minimum Gasteiger partial charge on any atom is -0.386 e. The molecule has 0 aromatic rings. The topological polar surface area (TPSA) is 104 Å². The van der Waals surface area contributed by atoms with Gasteiger partial charge in [0.2, 0.25) is 5.91 Å². The van der Waals surface area contributed by atoms with E-state index in [4.69, 9.17) is 4.55 Å². The van der Waals surface area contributed by atoms with Gasteiger partial charge in [-0.25, -0.2) is 0 Å². The molecule has 3 N–H and O–H groups in total. The lowest BCUT2D eigenvalue weighted by Crippen LogP contribution is -2.48. The molecular weight excluding hydrogens is 272 g/mol. The second kappa shape index (κ2) is 7.78. The Morgan fingerprint density at radius 2 is 1.95 bits per heavy atom. The van der Waals surface area contributed by atoms with Gasteiger partial charge in [-0.2, -0.15) is 8.42 Å². The van der Waals surface area contributed by atoms with Crippen molar-refractivity contribution in [1.82, 2.24) is 5.32 Å². The first-order chi connectivity index (χ1) is 8.56. The number of aliphatic hydroxyl groups is 1. The highest BCUT2D eigenvalue weighted by molar-refractivity contribution is 7.85. The summed E-state index contributed by atoms with van der Waals surface area (Å²) < 4.78 is 30.3. The maximum atomic E-state index is 11.0. The van der Waals surface area contributed by atoms with Crippen LogP contribution in [0.5, 0.6) is 0 Å². The van der Waals surface area contributed by atoms with Crippen LogP contribution in [0.4, 0.5) is 0 Å². The summed E-state index contributed by atoms with van der Waals surface area (Å²) in [4.78, 5) is 11.0. The van der Waals surface area contributed by atoms with Gasteiger partial charge in [0, 0.05) is 19.4 Å². The van der Waals surface area contributed by atoms with Crippen molar-refractivity contribution >= 4 is 16.0 Å². The Kier molecular flexibility index (Phi) is 7.50. The minimum atomic E-state index is -4.15. The summed E-state index contributed by atoms with van der Waals surface area (Å²) in [5.41, 5.74) is 0. The summed E-state index contributed by atoms with van der Waals surface area (Å²) in [6.45, 7) is 3.25. The predicted molar refractivity (Wildman–Crippen MR) is 72.2 cm³/mol. The van der Waals surface area contributed by atoms with Gasteiger partial charge in [-0.3, -0.25) is 9.35 Å². The lowest BCUT2D eigenvalue weighted by atomic mass is 10.3. The Bertz CT molecular complexity index is 381. The molecule has 19 heavy (non-hydrogen) atoms. The van der Waals surface area contributed by atoms with E-state index in [0.29, 0.717) is 24.0 Å². The van der Waals surface area contributed by atoms with Gasteiger partial charge in [-0.05, 0) is 0 Å². The number of carbonyl (C=O) groups excluding carboxylic acids is 1. The number of quaternary nitrogens is 1. The average molecular weight is 297 g/mol. The monoisotopic (exact) mass is 297 g/mol. The zero-order valence-electron chi connectivity index (χ0n) is 11.8. The summed E-state index contributed by atoms with van der Waals surface area (Å²) >= 11 is 0. The molecule has 0 aromatic carbocycles. The number of aliphatic hydroxyl groups excluding tert-OH is 1. The third-order valence-electron chi connectivity index (χ3n) is 2.69. The molecule has 7 nitrogen and oxygen atoms in total. The van der Waals surface area contributed by atoms with Gasteiger partial charge in [0.15, 0.2) is 0 Å². The molecule has 1 atom stereocenters. The molecule has 0 saturated heterocycles.